The number of aryl methyl sites for hydroxylation is 1. The number of hydrogen-bond acceptors (Lipinski definition) is 5. The second-order valence-electron chi connectivity index (χ2n) is 4.62. The van der Waals surface area contributed by atoms with Crippen molar-refractivity contribution in [3.05, 3.63) is 53.5 Å². The summed E-state index contributed by atoms with van der Waals surface area (Å²) in [5, 5.41) is 16.8. The standard InChI is InChI=1S/C14H15N5O/c1-10-2-4-11(5-3-10)7-15-8-12-6-13(20)19-14(18-12)16-9-17-19/h2-6,9,15,20H,7-8H2,1H3/i9D. The van der Waals surface area contributed by atoms with Gasteiger partial charge in [-0.1, -0.05) is 29.8 Å². The zero-order valence-electron chi connectivity index (χ0n) is 12.0. The maximum absolute atomic E-state index is 9.82. The van der Waals surface area contributed by atoms with E-state index < -0.39 is 0 Å². The predicted molar refractivity (Wildman–Crippen MR) is 74.2 cm³/mol. The van der Waals surface area contributed by atoms with E-state index >= 15 is 0 Å². The number of rotatable bonds is 4. The zero-order chi connectivity index (χ0) is 14.8. The molecule has 2 N–H and O–H groups in total. The van der Waals surface area contributed by atoms with Gasteiger partial charge in [0.05, 0.1) is 5.69 Å². The van der Waals surface area contributed by atoms with E-state index in [9.17, 15) is 5.11 Å². The van der Waals surface area contributed by atoms with E-state index in [2.05, 4.69) is 51.6 Å². The molecule has 102 valence electrons. The molecule has 0 saturated heterocycles. The van der Waals surface area contributed by atoms with Crippen LogP contribution in [0.3, 0.4) is 0 Å². The van der Waals surface area contributed by atoms with E-state index in [1.165, 1.54) is 17.2 Å². The zero-order valence-corrected chi connectivity index (χ0v) is 11.0. The van der Waals surface area contributed by atoms with Gasteiger partial charge in [0.2, 0.25) is 5.88 Å². The topological polar surface area (TPSA) is 75.3 Å². The number of nitrogens with one attached hydrogen (secondary N) is 1. The third kappa shape index (κ3) is 2.60. The molecule has 20 heavy (non-hydrogen) atoms. The van der Waals surface area contributed by atoms with Gasteiger partial charge in [-0.15, -0.1) is 0 Å². The molecule has 6 heteroatoms. The van der Waals surface area contributed by atoms with Crippen molar-refractivity contribution in [3.8, 4) is 5.88 Å². The monoisotopic (exact) mass is 270 g/mol. The highest BCUT2D eigenvalue weighted by atomic mass is 16.3. The van der Waals surface area contributed by atoms with Crippen molar-refractivity contribution < 1.29 is 6.48 Å². The van der Waals surface area contributed by atoms with Crippen LogP contribution in [0.2, 0.25) is 0 Å². The molecule has 0 saturated carbocycles. The highest BCUT2D eigenvalue weighted by Crippen LogP contribution is 2.11. The molecule has 0 aliphatic carbocycles. The predicted octanol–water partition coefficient (Wildman–Crippen LogP) is 1.43. The second kappa shape index (κ2) is 5.26. The highest BCUT2D eigenvalue weighted by molar-refractivity contribution is 5.32. The SMILES string of the molecule is [2H]c1nc2nc(CNCc3ccc(C)cc3)cc(O)n2n1. The van der Waals surface area contributed by atoms with Gasteiger partial charge < -0.3 is 10.4 Å². The molecule has 1 aromatic carbocycles. The molecular weight excluding hydrogens is 254 g/mol. The van der Waals surface area contributed by atoms with Crippen LogP contribution >= 0.6 is 0 Å². The summed E-state index contributed by atoms with van der Waals surface area (Å²) in [7, 11) is 0. The maximum Gasteiger partial charge on any atom is 0.255 e. The molecule has 0 fully saturated rings. The third-order valence-corrected chi connectivity index (χ3v) is 3.00. The van der Waals surface area contributed by atoms with Crippen LogP contribution in [0, 0.1) is 6.92 Å². The molecule has 0 spiro atoms. The van der Waals surface area contributed by atoms with Crippen molar-refractivity contribution in [2.24, 2.45) is 0 Å². The minimum absolute atomic E-state index is 0.0712. The lowest BCUT2D eigenvalue weighted by atomic mass is 10.1. The van der Waals surface area contributed by atoms with Gasteiger partial charge in [-0.3, -0.25) is 0 Å². The fourth-order valence-corrected chi connectivity index (χ4v) is 1.93. The van der Waals surface area contributed by atoms with Crippen molar-refractivity contribution in [1.29, 1.82) is 0 Å². The van der Waals surface area contributed by atoms with Crippen molar-refractivity contribution >= 4 is 5.78 Å². The summed E-state index contributed by atoms with van der Waals surface area (Å²) in [6.07, 6.45) is -0.164. The third-order valence-electron chi connectivity index (χ3n) is 3.00. The summed E-state index contributed by atoms with van der Waals surface area (Å²) in [5.74, 6) is 0.158. The van der Waals surface area contributed by atoms with E-state index in [0.29, 0.717) is 18.8 Å². The lowest BCUT2D eigenvalue weighted by Gasteiger charge is -2.06. The van der Waals surface area contributed by atoms with Gasteiger partial charge in [0.25, 0.3) is 5.78 Å². The lowest BCUT2D eigenvalue weighted by molar-refractivity contribution is 0.433. The quantitative estimate of drug-likeness (QED) is 0.750. The van der Waals surface area contributed by atoms with Gasteiger partial charge in [-0.05, 0) is 12.5 Å². The molecule has 0 atom stereocenters. The minimum Gasteiger partial charge on any atom is -0.493 e. The molecule has 3 aromatic rings. The Hall–Kier alpha value is -2.47. The van der Waals surface area contributed by atoms with Gasteiger partial charge in [-0.25, -0.2) is 4.98 Å². The van der Waals surface area contributed by atoms with E-state index in [4.69, 9.17) is 1.37 Å². The lowest BCUT2D eigenvalue weighted by Crippen LogP contribution is -2.14. The summed E-state index contributed by atoms with van der Waals surface area (Å²) in [4.78, 5) is 8.08. The summed E-state index contributed by atoms with van der Waals surface area (Å²) < 4.78 is 8.49. The Balaban J connectivity index is 1.69. The fourth-order valence-electron chi connectivity index (χ4n) is 1.93. The Morgan fingerprint density at radius 2 is 2.10 bits per heavy atom. The Morgan fingerprint density at radius 3 is 2.90 bits per heavy atom. The molecule has 6 nitrogen and oxygen atoms in total. The molecule has 0 aliphatic rings. The van der Waals surface area contributed by atoms with Crippen LogP contribution in [0.1, 0.15) is 18.2 Å². The van der Waals surface area contributed by atoms with E-state index in [1.54, 1.807) is 0 Å². The summed E-state index contributed by atoms with van der Waals surface area (Å²) in [5.41, 5.74) is 3.06. The molecule has 0 aliphatic heterocycles. The van der Waals surface area contributed by atoms with Crippen molar-refractivity contribution in [1.82, 2.24) is 24.9 Å². The van der Waals surface area contributed by atoms with Crippen LogP contribution in [-0.2, 0) is 13.1 Å². The highest BCUT2D eigenvalue weighted by Gasteiger charge is 2.05. The molecule has 0 amide bonds. The number of aromatic nitrogens is 4. The molecule has 0 bridgehead atoms. The number of aromatic hydroxyl groups is 1. The Labute approximate surface area is 117 Å². The molecule has 3 rings (SSSR count). The van der Waals surface area contributed by atoms with Crippen molar-refractivity contribution in [3.63, 3.8) is 0 Å². The Kier molecular flexibility index (Phi) is 2.99. The fraction of sp³-hybridized carbons (Fsp3) is 0.214. The largest absolute Gasteiger partial charge is 0.493 e. The maximum atomic E-state index is 9.82. The summed E-state index contributed by atoms with van der Waals surface area (Å²) in [6, 6.07) is 9.80. The first-order valence-corrected chi connectivity index (χ1v) is 6.30. The minimum atomic E-state index is -0.164. The normalized spacial score (nSPS) is 11.8. The Morgan fingerprint density at radius 1 is 1.30 bits per heavy atom. The Bertz CT molecular complexity index is 769. The average Bonchev–Trinajstić information content (AvgIpc) is 2.82. The first-order valence-electron chi connectivity index (χ1n) is 6.80. The van der Waals surface area contributed by atoms with Crippen LogP contribution in [0.15, 0.2) is 36.6 Å². The first kappa shape index (κ1) is 11.4. The molecule has 0 unspecified atom stereocenters. The average molecular weight is 270 g/mol. The van der Waals surface area contributed by atoms with E-state index in [-0.39, 0.29) is 18.0 Å². The molecule has 2 heterocycles. The second-order valence-corrected chi connectivity index (χ2v) is 4.62. The van der Waals surface area contributed by atoms with Gasteiger partial charge in [0.1, 0.15) is 7.67 Å². The van der Waals surface area contributed by atoms with Crippen LogP contribution in [0.5, 0.6) is 5.88 Å². The van der Waals surface area contributed by atoms with Gasteiger partial charge in [0, 0.05) is 19.2 Å². The molecular formula is C14H15N5O. The first-order chi connectivity index (χ1) is 10.1. The van der Waals surface area contributed by atoms with Crippen molar-refractivity contribution in [2.75, 3.05) is 0 Å². The smallest absolute Gasteiger partial charge is 0.255 e. The molecule has 2 aromatic heterocycles. The number of fused-ring (bicyclic) bond motifs is 1. The van der Waals surface area contributed by atoms with Crippen molar-refractivity contribution in [2.45, 2.75) is 20.0 Å². The van der Waals surface area contributed by atoms with E-state index in [0.717, 1.165) is 4.52 Å². The van der Waals surface area contributed by atoms with Gasteiger partial charge in [0.15, 0.2) is 0 Å². The summed E-state index contributed by atoms with van der Waals surface area (Å²) >= 11 is 0. The van der Waals surface area contributed by atoms with E-state index in [1.807, 2.05) is 0 Å². The number of nitrogens with zero attached hydrogens (tertiary/aromatic N) is 4. The van der Waals surface area contributed by atoms with Crippen LogP contribution in [0.25, 0.3) is 5.78 Å². The number of hydrogen-bond donors (Lipinski definition) is 2. The van der Waals surface area contributed by atoms with Crippen LogP contribution in [0.4, 0.5) is 0 Å². The number of benzene rings is 1. The molecule has 0 radical (unpaired) electrons. The van der Waals surface area contributed by atoms with Gasteiger partial charge >= 0.3 is 0 Å². The van der Waals surface area contributed by atoms with Crippen LogP contribution < -0.4 is 5.32 Å². The summed E-state index contributed by atoms with van der Waals surface area (Å²) in [6.45, 7) is 3.26. The van der Waals surface area contributed by atoms with Crippen LogP contribution in [-0.4, -0.2) is 24.7 Å². The van der Waals surface area contributed by atoms with Gasteiger partial charge in [-0.2, -0.15) is 14.6 Å².